The van der Waals surface area contributed by atoms with Gasteiger partial charge in [0, 0.05) is 5.57 Å². The van der Waals surface area contributed by atoms with E-state index in [1.807, 2.05) is 0 Å². The van der Waals surface area contributed by atoms with Crippen LogP contribution in [0.4, 0.5) is 0 Å². The van der Waals surface area contributed by atoms with Gasteiger partial charge in [0.2, 0.25) is 0 Å². The van der Waals surface area contributed by atoms with E-state index >= 15 is 0 Å². The second kappa shape index (κ2) is 16.0. The van der Waals surface area contributed by atoms with Crippen molar-refractivity contribution in [2.24, 2.45) is 0 Å². The van der Waals surface area contributed by atoms with Gasteiger partial charge < -0.3 is 9.47 Å². The Labute approximate surface area is 193 Å². The predicted octanol–water partition coefficient (Wildman–Crippen LogP) is 8.17. The minimum atomic E-state index is -0.390. The number of carbonyl (C=O) groups excluding carboxylic acids is 1. The van der Waals surface area contributed by atoms with E-state index in [-0.39, 0.29) is 6.61 Å². The molecule has 29 heavy (non-hydrogen) atoms. The van der Waals surface area contributed by atoms with E-state index in [0.29, 0.717) is 12.2 Å². The molecular weight excluding hydrogens is 496 g/mol. The molecule has 1 aromatic rings. The van der Waals surface area contributed by atoms with E-state index < -0.39 is 5.97 Å². The Morgan fingerprint density at radius 2 is 1.41 bits per heavy atom. The molecule has 0 aromatic heterocycles. The monoisotopic (exact) mass is 530 g/mol. The van der Waals surface area contributed by atoms with Crippen molar-refractivity contribution in [3.8, 4) is 5.75 Å². The van der Waals surface area contributed by atoms with Gasteiger partial charge >= 0.3 is 5.97 Å². The average molecular weight is 532 g/mol. The third-order valence-corrected chi connectivity index (χ3v) is 5.97. The molecule has 0 N–H and O–H groups in total. The lowest BCUT2D eigenvalue weighted by Crippen LogP contribution is -2.12. The minimum Gasteiger partial charge on any atom is -0.488 e. The van der Waals surface area contributed by atoms with Crippen molar-refractivity contribution in [2.75, 3.05) is 13.2 Å². The van der Waals surface area contributed by atoms with Gasteiger partial charge in [-0.3, -0.25) is 0 Å². The fourth-order valence-electron chi connectivity index (χ4n) is 3.11. The molecule has 0 aliphatic rings. The summed E-state index contributed by atoms with van der Waals surface area (Å²) >= 11 is 7.19. The number of halogens is 2. The van der Waals surface area contributed by atoms with Crippen LogP contribution < -0.4 is 4.74 Å². The molecule has 0 fully saturated rings. The zero-order valence-electron chi connectivity index (χ0n) is 18.0. The first-order valence-electron chi connectivity index (χ1n) is 10.9. The number of aryl methyl sites for hydroxylation is 1. The highest BCUT2D eigenvalue weighted by atomic mass is 79.9. The molecule has 0 aliphatic heterocycles. The molecule has 3 nitrogen and oxygen atoms in total. The highest BCUT2D eigenvalue weighted by Crippen LogP contribution is 2.35. The number of rotatable bonds is 16. The second-order valence-electron chi connectivity index (χ2n) is 7.59. The van der Waals surface area contributed by atoms with Gasteiger partial charge in [-0.25, -0.2) is 4.79 Å². The summed E-state index contributed by atoms with van der Waals surface area (Å²) in [5.41, 5.74) is 1.69. The molecule has 0 radical (unpaired) electrons. The van der Waals surface area contributed by atoms with E-state index in [2.05, 4.69) is 57.5 Å². The molecule has 1 rings (SSSR count). The number of carbonyl (C=O) groups is 1. The number of hydrogen-bond acceptors (Lipinski definition) is 3. The molecule has 0 saturated carbocycles. The first kappa shape index (κ1) is 26.2. The van der Waals surface area contributed by atoms with Crippen LogP contribution in [0.15, 0.2) is 33.2 Å². The fourth-order valence-corrected chi connectivity index (χ4v) is 4.62. The Kier molecular flexibility index (Phi) is 14.4. The van der Waals surface area contributed by atoms with Gasteiger partial charge in [0.25, 0.3) is 0 Å². The van der Waals surface area contributed by atoms with E-state index in [9.17, 15) is 4.79 Å². The average Bonchev–Trinajstić information content (AvgIpc) is 2.68. The van der Waals surface area contributed by atoms with Crippen molar-refractivity contribution >= 4 is 37.8 Å². The Bertz CT molecular complexity index is 606. The van der Waals surface area contributed by atoms with Crippen molar-refractivity contribution in [1.29, 1.82) is 0 Å². The topological polar surface area (TPSA) is 35.5 Å². The van der Waals surface area contributed by atoms with Crippen molar-refractivity contribution in [3.05, 3.63) is 38.8 Å². The lowest BCUT2D eigenvalue weighted by atomic mass is 10.0. The summed E-state index contributed by atoms with van der Waals surface area (Å²) in [6.07, 6.45) is 14.6. The molecule has 0 atom stereocenters. The smallest absolute Gasteiger partial charge is 0.333 e. The van der Waals surface area contributed by atoms with Crippen LogP contribution in [0, 0.1) is 0 Å². The SMILES string of the molecule is C=C(C)C(=O)OCCOc1c(Br)cc(CCCCCCCCCCCC)cc1Br. The summed E-state index contributed by atoms with van der Waals surface area (Å²) in [4.78, 5) is 11.4. The quantitative estimate of drug-likeness (QED) is 0.122. The van der Waals surface area contributed by atoms with Gasteiger partial charge in [0.05, 0.1) is 8.95 Å². The van der Waals surface area contributed by atoms with Crippen molar-refractivity contribution in [3.63, 3.8) is 0 Å². The van der Waals surface area contributed by atoms with Crippen LogP contribution in [0.25, 0.3) is 0 Å². The highest BCUT2D eigenvalue weighted by Gasteiger charge is 2.10. The molecule has 0 bridgehead atoms. The standard InChI is InChI=1S/C24H36Br2O3/c1-4-5-6-7-8-9-10-11-12-13-14-20-17-21(25)23(22(26)18-20)28-15-16-29-24(27)19(2)3/h17-18H,2,4-16H2,1,3H3. The van der Waals surface area contributed by atoms with Gasteiger partial charge in [-0.2, -0.15) is 0 Å². The molecule has 1 aromatic carbocycles. The van der Waals surface area contributed by atoms with E-state index in [4.69, 9.17) is 9.47 Å². The largest absolute Gasteiger partial charge is 0.488 e. The van der Waals surface area contributed by atoms with Gasteiger partial charge in [-0.15, -0.1) is 0 Å². The normalized spacial score (nSPS) is 10.8. The second-order valence-corrected chi connectivity index (χ2v) is 9.29. The first-order chi connectivity index (χ1) is 14.0. The molecule has 5 heteroatoms. The van der Waals surface area contributed by atoms with Crippen LogP contribution in [0.1, 0.15) is 83.6 Å². The highest BCUT2D eigenvalue weighted by molar-refractivity contribution is 9.11. The molecule has 0 unspecified atom stereocenters. The van der Waals surface area contributed by atoms with Crippen LogP contribution >= 0.6 is 31.9 Å². The molecule has 164 valence electrons. The van der Waals surface area contributed by atoms with Crippen molar-refractivity contribution in [2.45, 2.75) is 84.5 Å². The number of esters is 1. The third kappa shape index (κ3) is 11.8. The van der Waals surface area contributed by atoms with Gasteiger partial charge in [0.1, 0.15) is 19.0 Å². The number of benzene rings is 1. The summed E-state index contributed by atoms with van der Waals surface area (Å²) in [6, 6.07) is 4.24. The van der Waals surface area contributed by atoms with Crippen LogP contribution in [0.5, 0.6) is 5.75 Å². The maximum atomic E-state index is 11.4. The molecule has 0 spiro atoms. The third-order valence-electron chi connectivity index (χ3n) is 4.79. The van der Waals surface area contributed by atoms with Gasteiger partial charge in [-0.1, -0.05) is 71.3 Å². The van der Waals surface area contributed by atoms with Gasteiger partial charge in [0.15, 0.2) is 0 Å². The lowest BCUT2D eigenvalue weighted by molar-refractivity contribution is -0.139. The van der Waals surface area contributed by atoms with Crippen LogP contribution in [0.3, 0.4) is 0 Å². The summed E-state index contributed by atoms with van der Waals surface area (Å²) in [6.45, 7) is 7.95. The minimum absolute atomic E-state index is 0.199. The first-order valence-corrected chi connectivity index (χ1v) is 12.5. The maximum absolute atomic E-state index is 11.4. The Hall–Kier alpha value is -0.810. The van der Waals surface area contributed by atoms with Crippen LogP contribution in [0.2, 0.25) is 0 Å². The zero-order chi connectivity index (χ0) is 21.5. The molecule has 0 saturated heterocycles. The molecule has 0 aliphatic carbocycles. The zero-order valence-corrected chi connectivity index (χ0v) is 21.2. The van der Waals surface area contributed by atoms with E-state index in [0.717, 1.165) is 21.1 Å². The number of ether oxygens (including phenoxy) is 2. The number of unbranched alkanes of at least 4 members (excludes halogenated alkanes) is 9. The van der Waals surface area contributed by atoms with Crippen LogP contribution in [-0.4, -0.2) is 19.2 Å². The number of hydrogen-bond donors (Lipinski definition) is 0. The maximum Gasteiger partial charge on any atom is 0.333 e. The summed E-state index contributed by atoms with van der Waals surface area (Å²) in [5, 5.41) is 0. The van der Waals surface area contributed by atoms with Crippen molar-refractivity contribution < 1.29 is 14.3 Å². The Balaban J connectivity index is 2.24. The van der Waals surface area contributed by atoms with E-state index in [1.54, 1.807) is 6.92 Å². The molecule has 0 amide bonds. The summed E-state index contributed by atoms with van der Waals surface area (Å²) in [5.74, 6) is 0.349. The van der Waals surface area contributed by atoms with Crippen molar-refractivity contribution in [1.82, 2.24) is 0 Å². The predicted molar refractivity (Wildman–Crippen MR) is 129 cm³/mol. The molecular formula is C24H36Br2O3. The molecule has 0 heterocycles. The Morgan fingerprint density at radius 3 is 1.93 bits per heavy atom. The Morgan fingerprint density at radius 1 is 0.897 bits per heavy atom. The van der Waals surface area contributed by atoms with E-state index in [1.165, 1.54) is 69.8 Å². The van der Waals surface area contributed by atoms with Gasteiger partial charge in [-0.05, 0) is 69.3 Å². The lowest BCUT2D eigenvalue weighted by Gasteiger charge is -2.13. The van der Waals surface area contributed by atoms with Crippen LogP contribution in [-0.2, 0) is 16.0 Å². The summed E-state index contributed by atoms with van der Waals surface area (Å²) in [7, 11) is 0. The summed E-state index contributed by atoms with van der Waals surface area (Å²) < 4.78 is 12.6. The fraction of sp³-hybridized carbons (Fsp3) is 0.625.